The van der Waals surface area contributed by atoms with Crippen molar-refractivity contribution in [3.63, 3.8) is 0 Å². The summed E-state index contributed by atoms with van der Waals surface area (Å²) in [4.78, 5) is 20.4. The molecule has 0 unspecified atom stereocenters. The Hall–Kier alpha value is -3.26. The highest BCUT2D eigenvalue weighted by Gasteiger charge is 2.28. The molecule has 0 N–H and O–H groups in total. The summed E-state index contributed by atoms with van der Waals surface area (Å²) in [6, 6.07) is 12.1. The molecule has 2 aromatic carbocycles. The van der Waals surface area contributed by atoms with E-state index in [2.05, 4.69) is 0 Å². The lowest BCUT2D eigenvalue weighted by molar-refractivity contribution is -0.133. The zero-order valence-corrected chi connectivity index (χ0v) is 20.4. The second kappa shape index (κ2) is 9.77. The molecule has 1 aliphatic carbocycles. The lowest BCUT2D eigenvalue weighted by Gasteiger charge is -2.29. The van der Waals surface area contributed by atoms with Crippen LogP contribution in [0.3, 0.4) is 0 Å². The van der Waals surface area contributed by atoms with Gasteiger partial charge < -0.3 is 23.8 Å². The van der Waals surface area contributed by atoms with Crippen LogP contribution in [-0.4, -0.2) is 48.3 Å². The van der Waals surface area contributed by atoms with Gasteiger partial charge in [-0.2, -0.15) is 0 Å². The van der Waals surface area contributed by atoms with Gasteiger partial charge in [-0.15, -0.1) is 11.3 Å². The molecule has 2 aliphatic heterocycles. The molecule has 3 aliphatic rings. The second-order valence-electron chi connectivity index (χ2n) is 9.12. The average Bonchev–Trinajstić information content (AvgIpc) is 3.60. The smallest absolute Gasteiger partial charge is 0.229 e. The van der Waals surface area contributed by atoms with Crippen molar-refractivity contribution in [2.75, 3.05) is 26.4 Å². The minimum absolute atomic E-state index is 0.116. The van der Waals surface area contributed by atoms with Crippen LogP contribution in [0.15, 0.2) is 41.8 Å². The predicted octanol–water partition coefficient (Wildman–Crippen LogP) is 4.87. The van der Waals surface area contributed by atoms with Gasteiger partial charge in [-0.1, -0.05) is 18.9 Å². The van der Waals surface area contributed by atoms with Gasteiger partial charge in [0.25, 0.3) is 0 Å². The molecular weight excluding hydrogens is 464 g/mol. The van der Waals surface area contributed by atoms with Crippen molar-refractivity contribution < 1.29 is 23.7 Å². The number of nitrogens with zero attached hydrogens (tertiary/aromatic N) is 2. The summed E-state index contributed by atoms with van der Waals surface area (Å²) < 4.78 is 22.7. The van der Waals surface area contributed by atoms with Gasteiger partial charge in [-0.3, -0.25) is 4.79 Å². The highest BCUT2D eigenvalue weighted by molar-refractivity contribution is 7.13. The maximum absolute atomic E-state index is 13.5. The third-order valence-electron chi connectivity index (χ3n) is 6.72. The molecule has 0 saturated heterocycles. The third kappa shape index (κ3) is 4.80. The van der Waals surface area contributed by atoms with Crippen molar-refractivity contribution in [1.82, 2.24) is 9.88 Å². The first-order valence-corrected chi connectivity index (χ1v) is 13.1. The van der Waals surface area contributed by atoms with E-state index in [1.54, 1.807) is 11.3 Å². The number of rotatable bonds is 6. The number of hydrogen-bond donors (Lipinski definition) is 0. The Morgan fingerprint density at radius 2 is 1.54 bits per heavy atom. The predicted molar refractivity (Wildman–Crippen MR) is 132 cm³/mol. The average molecular weight is 493 g/mol. The maximum Gasteiger partial charge on any atom is 0.229 e. The molecule has 3 heterocycles. The molecule has 6 rings (SSSR count). The molecule has 3 aromatic rings. The summed E-state index contributed by atoms with van der Waals surface area (Å²) in [5.41, 5.74) is 2.83. The number of ether oxygens (including phenoxy) is 4. The van der Waals surface area contributed by atoms with Crippen molar-refractivity contribution in [2.24, 2.45) is 0 Å². The van der Waals surface area contributed by atoms with E-state index in [4.69, 9.17) is 23.9 Å². The van der Waals surface area contributed by atoms with Crippen molar-refractivity contribution in [1.29, 1.82) is 0 Å². The largest absolute Gasteiger partial charge is 0.486 e. The van der Waals surface area contributed by atoms with E-state index < -0.39 is 0 Å². The van der Waals surface area contributed by atoms with Gasteiger partial charge in [0.1, 0.15) is 31.4 Å². The Morgan fingerprint density at radius 3 is 2.29 bits per heavy atom. The van der Waals surface area contributed by atoms with Crippen LogP contribution in [0.25, 0.3) is 10.6 Å². The van der Waals surface area contributed by atoms with E-state index >= 15 is 0 Å². The number of hydrogen-bond acceptors (Lipinski definition) is 7. The first kappa shape index (κ1) is 22.2. The van der Waals surface area contributed by atoms with Crippen LogP contribution in [0, 0.1) is 0 Å². The van der Waals surface area contributed by atoms with Crippen molar-refractivity contribution in [3.05, 3.63) is 53.0 Å². The molecule has 1 amide bonds. The lowest BCUT2D eigenvalue weighted by atomic mass is 10.1. The summed E-state index contributed by atoms with van der Waals surface area (Å²) >= 11 is 1.55. The fraction of sp³-hybridized carbons (Fsp3) is 0.407. The first-order chi connectivity index (χ1) is 17.2. The second-order valence-corrected chi connectivity index (χ2v) is 9.98. The SMILES string of the molecule is O=C(Cc1csc(-c2ccc3c(c2)OCCO3)n1)N(Cc1ccc2c(c1)OCCO2)C1CCCC1. The standard InChI is InChI=1S/C27H28N2O5S/c30-26(15-20-17-35-27(28-20)19-6-8-23-25(14-19)34-12-10-32-23)29(21-3-1-2-4-21)16-18-5-7-22-24(13-18)33-11-9-31-22/h5-8,13-14,17,21H,1-4,9-12,15-16H2. The zero-order valence-electron chi connectivity index (χ0n) is 19.5. The van der Waals surface area contributed by atoms with E-state index in [1.165, 1.54) is 12.8 Å². The Labute approximate surface area is 208 Å². The maximum atomic E-state index is 13.5. The number of thiazole rings is 1. The van der Waals surface area contributed by atoms with Crippen LogP contribution in [0.1, 0.15) is 36.9 Å². The number of carbonyl (C=O) groups is 1. The van der Waals surface area contributed by atoms with Gasteiger partial charge in [-0.25, -0.2) is 4.98 Å². The fourth-order valence-corrected chi connectivity index (χ4v) is 5.79. The number of carbonyl (C=O) groups excluding carboxylic acids is 1. The molecule has 1 saturated carbocycles. The molecule has 35 heavy (non-hydrogen) atoms. The van der Waals surface area contributed by atoms with Gasteiger partial charge in [0.2, 0.25) is 5.91 Å². The Bertz CT molecular complexity index is 1220. The van der Waals surface area contributed by atoms with E-state index in [1.807, 2.05) is 46.7 Å². The molecule has 1 aromatic heterocycles. The van der Waals surface area contributed by atoms with Crippen LogP contribution in [-0.2, 0) is 17.8 Å². The number of amides is 1. The van der Waals surface area contributed by atoms with Gasteiger partial charge >= 0.3 is 0 Å². The van der Waals surface area contributed by atoms with E-state index in [0.717, 1.165) is 57.7 Å². The summed E-state index contributed by atoms with van der Waals surface area (Å²) in [5, 5.41) is 2.87. The number of benzene rings is 2. The highest BCUT2D eigenvalue weighted by Crippen LogP contribution is 2.36. The summed E-state index contributed by atoms with van der Waals surface area (Å²) in [5.74, 6) is 3.15. The first-order valence-electron chi connectivity index (χ1n) is 12.3. The minimum Gasteiger partial charge on any atom is -0.486 e. The van der Waals surface area contributed by atoms with Crippen molar-refractivity contribution in [3.8, 4) is 33.6 Å². The Kier molecular flexibility index (Phi) is 6.21. The van der Waals surface area contributed by atoms with E-state index in [-0.39, 0.29) is 11.9 Å². The monoisotopic (exact) mass is 492 g/mol. The molecule has 182 valence electrons. The van der Waals surface area contributed by atoms with Crippen molar-refractivity contribution >= 4 is 17.2 Å². The molecule has 7 nitrogen and oxygen atoms in total. The van der Waals surface area contributed by atoms with Gasteiger partial charge in [-0.05, 0) is 48.7 Å². The quantitative estimate of drug-likeness (QED) is 0.489. The van der Waals surface area contributed by atoms with Crippen LogP contribution >= 0.6 is 11.3 Å². The van der Waals surface area contributed by atoms with Gasteiger partial charge in [0.15, 0.2) is 23.0 Å². The lowest BCUT2D eigenvalue weighted by Crippen LogP contribution is -2.39. The zero-order chi connectivity index (χ0) is 23.6. The number of aromatic nitrogens is 1. The van der Waals surface area contributed by atoms with Gasteiger partial charge in [0, 0.05) is 23.5 Å². The third-order valence-corrected chi connectivity index (χ3v) is 7.66. The summed E-state index contributed by atoms with van der Waals surface area (Å²) in [7, 11) is 0. The summed E-state index contributed by atoms with van der Waals surface area (Å²) in [6.45, 7) is 2.81. The molecule has 0 atom stereocenters. The van der Waals surface area contributed by atoms with E-state index in [9.17, 15) is 4.79 Å². The Balaban J connectivity index is 1.18. The molecule has 8 heteroatoms. The van der Waals surface area contributed by atoms with Crippen LogP contribution in [0.4, 0.5) is 0 Å². The van der Waals surface area contributed by atoms with E-state index in [0.29, 0.717) is 39.4 Å². The Morgan fingerprint density at radius 1 is 0.886 bits per heavy atom. The molecular formula is C27H28N2O5S. The van der Waals surface area contributed by atoms with Crippen LogP contribution in [0.2, 0.25) is 0 Å². The normalized spacial score (nSPS) is 16.8. The van der Waals surface area contributed by atoms with Gasteiger partial charge in [0.05, 0.1) is 12.1 Å². The van der Waals surface area contributed by atoms with Crippen LogP contribution < -0.4 is 18.9 Å². The minimum atomic E-state index is 0.116. The molecule has 1 fully saturated rings. The molecule has 0 spiro atoms. The topological polar surface area (TPSA) is 70.1 Å². The molecule has 0 radical (unpaired) electrons. The van der Waals surface area contributed by atoms with Crippen LogP contribution in [0.5, 0.6) is 23.0 Å². The van der Waals surface area contributed by atoms with Crippen molar-refractivity contribution in [2.45, 2.75) is 44.7 Å². The fourth-order valence-electron chi connectivity index (χ4n) is 4.97. The molecule has 0 bridgehead atoms. The summed E-state index contributed by atoms with van der Waals surface area (Å²) in [6.07, 6.45) is 4.73. The number of fused-ring (bicyclic) bond motifs is 2. The highest BCUT2D eigenvalue weighted by atomic mass is 32.1.